The molecule has 21 heavy (non-hydrogen) atoms. The summed E-state index contributed by atoms with van der Waals surface area (Å²) in [6.45, 7) is 0.382. The van der Waals surface area contributed by atoms with E-state index in [0.29, 0.717) is 29.1 Å². The average Bonchev–Trinajstić information content (AvgIpc) is 2.73. The first-order chi connectivity index (χ1) is 10.0. The number of phenols is 1. The Morgan fingerprint density at radius 2 is 2.14 bits per heavy atom. The van der Waals surface area contributed by atoms with Gasteiger partial charge in [-0.2, -0.15) is 0 Å². The monoisotopic (exact) mass is 289 g/mol. The van der Waals surface area contributed by atoms with E-state index >= 15 is 0 Å². The zero-order valence-electron chi connectivity index (χ0n) is 11.6. The van der Waals surface area contributed by atoms with Crippen LogP contribution in [0, 0.1) is 0 Å². The van der Waals surface area contributed by atoms with Crippen molar-refractivity contribution in [2.45, 2.75) is 6.04 Å². The van der Waals surface area contributed by atoms with E-state index in [4.69, 9.17) is 4.74 Å². The first kappa shape index (κ1) is 13.3. The molecule has 0 spiro atoms. The van der Waals surface area contributed by atoms with Crippen molar-refractivity contribution in [3.8, 4) is 11.5 Å². The Kier molecular flexibility index (Phi) is 2.97. The predicted molar refractivity (Wildman–Crippen MR) is 73.7 cm³/mol. The zero-order chi connectivity index (χ0) is 15.1. The molecule has 110 valence electrons. The molecule has 2 aliphatic rings. The van der Waals surface area contributed by atoms with Gasteiger partial charge in [0.05, 0.1) is 31.0 Å². The van der Waals surface area contributed by atoms with Crippen LogP contribution >= 0.6 is 0 Å². The van der Waals surface area contributed by atoms with Gasteiger partial charge in [-0.15, -0.1) is 0 Å². The molecule has 2 aliphatic heterocycles. The minimum absolute atomic E-state index is 0.00517. The summed E-state index contributed by atoms with van der Waals surface area (Å²) in [6.07, 6.45) is 0. The quantitative estimate of drug-likeness (QED) is 0.738. The highest BCUT2D eigenvalue weighted by Crippen LogP contribution is 2.35. The maximum absolute atomic E-state index is 12.2. The second-order valence-electron chi connectivity index (χ2n) is 5.02. The normalized spacial score (nSPS) is 21.0. The van der Waals surface area contributed by atoms with Gasteiger partial charge in [0, 0.05) is 7.05 Å². The topological polar surface area (TPSA) is 90.9 Å². The highest BCUT2D eigenvalue weighted by molar-refractivity contribution is 6.01. The molecule has 7 heteroatoms. The van der Waals surface area contributed by atoms with Gasteiger partial charge in [0.15, 0.2) is 11.5 Å². The maximum Gasteiger partial charge on any atom is 0.319 e. The molecule has 0 aromatic heterocycles. The Bertz CT molecular complexity index is 668. The summed E-state index contributed by atoms with van der Waals surface area (Å²) in [4.78, 5) is 25.5. The van der Waals surface area contributed by atoms with E-state index in [1.54, 1.807) is 24.1 Å². The second kappa shape index (κ2) is 4.69. The van der Waals surface area contributed by atoms with E-state index in [1.807, 2.05) is 0 Å². The largest absolute Gasteiger partial charge is 0.504 e. The molecule has 2 heterocycles. The summed E-state index contributed by atoms with van der Waals surface area (Å²) in [5, 5.41) is 15.1. The molecule has 1 unspecified atom stereocenters. The molecule has 0 saturated carbocycles. The van der Waals surface area contributed by atoms with Crippen molar-refractivity contribution in [1.29, 1.82) is 0 Å². The molecule has 1 atom stereocenters. The van der Waals surface area contributed by atoms with Crippen LogP contribution in [0.2, 0.25) is 0 Å². The van der Waals surface area contributed by atoms with Crippen molar-refractivity contribution in [2.75, 3.05) is 20.7 Å². The maximum atomic E-state index is 12.2. The predicted octanol–water partition coefficient (Wildman–Crippen LogP) is 0.481. The van der Waals surface area contributed by atoms with Gasteiger partial charge < -0.3 is 25.4 Å². The molecule has 3 amide bonds. The van der Waals surface area contributed by atoms with Gasteiger partial charge in [0.2, 0.25) is 0 Å². The fourth-order valence-corrected chi connectivity index (χ4v) is 2.63. The number of aromatic hydroxyl groups is 1. The molecule has 0 radical (unpaired) electrons. The summed E-state index contributed by atoms with van der Waals surface area (Å²) in [5.74, 6) is 0.168. The van der Waals surface area contributed by atoms with Crippen LogP contribution in [0.4, 0.5) is 4.79 Å². The minimum atomic E-state index is -0.555. The fraction of sp³-hybridized carbons (Fsp3) is 0.286. The molecule has 0 saturated heterocycles. The van der Waals surface area contributed by atoms with E-state index < -0.39 is 6.04 Å². The lowest BCUT2D eigenvalue weighted by Gasteiger charge is -2.25. The van der Waals surface area contributed by atoms with Crippen LogP contribution in [-0.4, -0.2) is 42.6 Å². The van der Waals surface area contributed by atoms with Crippen molar-refractivity contribution >= 4 is 11.9 Å². The number of carbonyl (C=O) groups excluding carboxylic acids is 2. The first-order valence-corrected chi connectivity index (χ1v) is 6.44. The molecule has 1 aromatic rings. The Labute approximate surface area is 121 Å². The van der Waals surface area contributed by atoms with Crippen molar-refractivity contribution in [2.24, 2.45) is 0 Å². The Hall–Kier alpha value is -2.70. The van der Waals surface area contributed by atoms with Gasteiger partial charge in [-0.1, -0.05) is 6.07 Å². The third-order valence-electron chi connectivity index (χ3n) is 3.66. The molecule has 1 aromatic carbocycles. The number of phenolic OH excluding ortho intramolecular Hbond substituents is 1. The summed E-state index contributed by atoms with van der Waals surface area (Å²) < 4.78 is 5.07. The van der Waals surface area contributed by atoms with E-state index in [2.05, 4.69) is 10.6 Å². The van der Waals surface area contributed by atoms with Crippen LogP contribution in [0.15, 0.2) is 29.5 Å². The van der Waals surface area contributed by atoms with Crippen molar-refractivity contribution < 1.29 is 19.4 Å². The van der Waals surface area contributed by atoms with Crippen LogP contribution in [0.1, 0.15) is 11.6 Å². The molecule has 0 aliphatic carbocycles. The number of amides is 3. The molecule has 0 bridgehead atoms. The number of hydrogen-bond acceptors (Lipinski definition) is 4. The number of urea groups is 1. The lowest BCUT2D eigenvalue weighted by molar-refractivity contribution is -0.124. The second-order valence-corrected chi connectivity index (χ2v) is 5.02. The van der Waals surface area contributed by atoms with Gasteiger partial charge in [0.25, 0.3) is 5.91 Å². The summed E-state index contributed by atoms with van der Waals surface area (Å²) in [7, 11) is 3.13. The number of carbonyl (C=O) groups is 2. The van der Waals surface area contributed by atoms with Gasteiger partial charge in [-0.3, -0.25) is 4.79 Å². The Balaban J connectivity index is 2.06. The van der Waals surface area contributed by atoms with Crippen LogP contribution in [0.25, 0.3) is 0 Å². The number of ether oxygens (including phenoxy) is 1. The first-order valence-electron chi connectivity index (χ1n) is 6.44. The summed E-state index contributed by atoms with van der Waals surface area (Å²) >= 11 is 0. The molecule has 7 nitrogen and oxygen atoms in total. The van der Waals surface area contributed by atoms with Gasteiger partial charge in [0.1, 0.15) is 0 Å². The molecular formula is C14H15N3O4. The Morgan fingerprint density at radius 1 is 1.38 bits per heavy atom. The van der Waals surface area contributed by atoms with Crippen molar-refractivity contribution in [1.82, 2.24) is 15.5 Å². The summed E-state index contributed by atoms with van der Waals surface area (Å²) in [6, 6.07) is 3.84. The van der Waals surface area contributed by atoms with Crippen molar-refractivity contribution in [3.63, 3.8) is 0 Å². The lowest BCUT2D eigenvalue weighted by Crippen LogP contribution is -2.44. The van der Waals surface area contributed by atoms with Crippen LogP contribution < -0.4 is 15.4 Å². The Morgan fingerprint density at radius 3 is 2.86 bits per heavy atom. The molecule has 3 N–H and O–H groups in total. The molecule has 3 rings (SSSR count). The fourth-order valence-electron chi connectivity index (χ4n) is 2.63. The van der Waals surface area contributed by atoms with E-state index in [-0.39, 0.29) is 17.7 Å². The van der Waals surface area contributed by atoms with E-state index in [1.165, 1.54) is 13.2 Å². The number of likely N-dealkylation sites (N-methyl/N-ethyl adjacent to an activating group) is 1. The number of nitrogens with zero attached hydrogens (tertiary/aromatic N) is 1. The van der Waals surface area contributed by atoms with Gasteiger partial charge in [-0.25, -0.2) is 4.79 Å². The third kappa shape index (κ3) is 2.06. The van der Waals surface area contributed by atoms with Crippen molar-refractivity contribution in [3.05, 3.63) is 35.0 Å². The smallest absolute Gasteiger partial charge is 0.319 e. The zero-order valence-corrected chi connectivity index (χ0v) is 11.6. The summed E-state index contributed by atoms with van der Waals surface area (Å²) in [5.41, 5.74) is 1.81. The molecule has 0 fully saturated rings. The van der Waals surface area contributed by atoms with E-state index in [9.17, 15) is 14.7 Å². The SMILES string of the molecule is COc1cc(C2NC(=O)NC3=C2C(=O)N(C)C3)ccc1O. The number of rotatable bonds is 2. The molecular weight excluding hydrogens is 274 g/mol. The van der Waals surface area contributed by atoms with Gasteiger partial charge >= 0.3 is 6.03 Å². The van der Waals surface area contributed by atoms with E-state index in [0.717, 1.165) is 0 Å². The number of nitrogens with one attached hydrogen (secondary N) is 2. The van der Waals surface area contributed by atoms with Crippen LogP contribution in [-0.2, 0) is 4.79 Å². The number of methoxy groups -OCH3 is 1. The highest BCUT2D eigenvalue weighted by Gasteiger charge is 2.39. The number of hydrogen-bond donors (Lipinski definition) is 3. The lowest BCUT2D eigenvalue weighted by atomic mass is 9.96. The third-order valence-corrected chi connectivity index (χ3v) is 3.66. The van der Waals surface area contributed by atoms with Crippen LogP contribution in [0.3, 0.4) is 0 Å². The van der Waals surface area contributed by atoms with Crippen LogP contribution in [0.5, 0.6) is 11.5 Å². The van der Waals surface area contributed by atoms with Gasteiger partial charge in [-0.05, 0) is 17.7 Å². The standard InChI is InChI=1S/C14H15N3O4/c1-17-6-8-11(13(17)19)12(16-14(20)15-8)7-3-4-9(18)10(5-7)21-2/h3-5,12,18H,6H2,1-2H3,(H2,15,16,20). The highest BCUT2D eigenvalue weighted by atomic mass is 16.5. The minimum Gasteiger partial charge on any atom is -0.504 e. The average molecular weight is 289 g/mol. The number of benzene rings is 1.